The normalized spacial score (nSPS) is 12.8. The highest BCUT2D eigenvalue weighted by Crippen LogP contribution is 2.17. The number of hydrogen-bond acceptors (Lipinski definition) is 5. The van der Waals surface area contributed by atoms with Gasteiger partial charge in [0.05, 0.1) is 25.4 Å². The van der Waals surface area contributed by atoms with Crippen LogP contribution in [0.25, 0.3) is 0 Å². The Bertz CT molecular complexity index is 1100. The maximum Gasteiger partial charge on any atom is 0.305 e. The number of aliphatic hydroxyl groups is 2. The molecule has 0 bridgehead atoms. The number of rotatable bonds is 56. The highest BCUT2D eigenvalue weighted by molar-refractivity contribution is 5.76. The lowest BCUT2D eigenvalue weighted by Gasteiger charge is -2.20. The maximum atomic E-state index is 12.5. The lowest BCUT2D eigenvalue weighted by molar-refractivity contribution is -0.143. The van der Waals surface area contributed by atoms with Crippen LogP contribution in [0.4, 0.5) is 0 Å². The van der Waals surface area contributed by atoms with E-state index in [2.05, 4.69) is 43.5 Å². The van der Waals surface area contributed by atoms with Crippen molar-refractivity contribution < 1.29 is 24.5 Å². The van der Waals surface area contributed by atoms with E-state index in [1.807, 2.05) is 6.08 Å². The van der Waals surface area contributed by atoms with Crippen molar-refractivity contribution in [2.24, 2.45) is 0 Å². The minimum absolute atomic E-state index is 0.000697. The molecule has 3 N–H and O–H groups in total. The van der Waals surface area contributed by atoms with Crippen LogP contribution in [0.1, 0.15) is 322 Å². The topological polar surface area (TPSA) is 95.9 Å². The predicted octanol–water partition coefficient (Wildman–Crippen LogP) is 18.8. The largest absolute Gasteiger partial charge is 0.466 e. The Kier molecular flexibility index (Phi) is 56.0. The molecule has 6 heteroatoms. The predicted molar refractivity (Wildman–Crippen MR) is 296 cm³/mol. The van der Waals surface area contributed by atoms with Crippen molar-refractivity contribution in [3.05, 3.63) is 36.5 Å². The average molecular weight is 957 g/mol. The van der Waals surface area contributed by atoms with Gasteiger partial charge in [-0.05, 0) is 83.5 Å². The third-order valence-electron chi connectivity index (χ3n) is 13.9. The fourth-order valence-electron chi connectivity index (χ4n) is 9.21. The molecule has 0 spiro atoms. The van der Waals surface area contributed by atoms with E-state index in [1.54, 1.807) is 6.08 Å². The molecule has 2 atom stereocenters. The molecule has 1 amide bonds. The number of carbonyl (C=O) groups excluding carboxylic acids is 2. The van der Waals surface area contributed by atoms with Crippen LogP contribution >= 0.6 is 0 Å². The van der Waals surface area contributed by atoms with Gasteiger partial charge >= 0.3 is 5.97 Å². The smallest absolute Gasteiger partial charge is 0.305 e. The summed E-state index contributed by atoms with van der Waals surface area (Å²) in [6.45, 7) is 4.88. The molecular formula is C62H117NO5. The molecule has 0 aromatic carbocycles. The quantitative estimate of drug-likeness (QED) is 0.0321. The van der Waals surface area contributed by atoms with Crippen LogP contribution in [0.5, 0.6) is 0 Å². The second-order valence-electron chi connectivity index (χ2n) is 20.7. The van der Waals surface area contributed by atoms with E-state index in [1.165, 1.54) is 244 Å². The van der Waals surface area contributed by atoms with Crippen molar-refractivity contribution in [3.63, 3.8) is 0 Å². The lowest BCUT2D eigenvalue weighted by atomic mass is 10.0. The standard InChI is InChI=1S/C62H117NO5/c1-3-5-7-9-11-13-15-17-18-28-31-34-38-42-46-50-54-60(65)59(58-64)63-61(66)55-51-47-43-39-35-32-29-26-24-22-20-19-21-23-25-27-30-33-37-41-45-49-53-57-68-62(67)56-52-48-44-40-36-16-14-12-10-8-6-4-2/h12,14,22,24,50,54,59-60,64-65H,3-11,13,15-21,23,25-49,51-53,55-58H2,1-2H3,(H,63,66)/b14-12-,24-22-,54-50+. The second kappa shape index (κ2) is 57.7. The van der Waals surface area contributed by atoms with Gasteiger partial charge in [-0.25, -0.2) is 0 Å². The van der Waals surface area contributed by atoms with Crippen LogP contribution in [0.15, 0.2) is 36.5 Å². The Labute approximate surface area is 424 Å². The summed E-state index contributed by atoms with van der Waals surface area (Å²) >= 11 is 0. The third kappa shape index (κ3) is 53.4. The summed E-state index contributed by atoms with van der Waals surface area (Å²) < 4.78 is 5.46. The summed E-state index contributed by atoms with van der Waals surface area (Å²) in [6.07, 6.45) is 71.8. The molecule has 68 heavy (non-hydrogen) atoms. The summed E-state index contributed by atoms with van der Waals surface area (Å²) in [5, 5.41) is 23.1. The fourth-order valence-corrected chi connectivity index (χ4v) is 9.21. The van der Waals surface area contributed by atoms with Crippen molar-refractivity contribution >= 4 is 11.9 Å². The highest BCUT2D eigenvalue weighted by Gasteiger charge is 2.18. The van der Waals surface area contributed by atoms with Gasteiger partial charge in [0.1, 0.15) is 0 Å². The number of carbonyl (C=O) groups is 2. The first-order valence-corrected chi connectivity index (χ1v) is 30.3. The van der Waals surface area contributed by atoms with Crippen molar-refractivity contribution in [2.45, 2.75) is 334 Å². The molecule has 0 radical (unpaired) electrons. The van der Waals surface area contributed by atoms with Gasteiger partial charge in [-0.15, -0.1) is 0 Å². The maximum absolute atomic E-state index is 12.5. The first kappa shape index (κ1) is 66.1. The SMILES string of the molecule is CCCCC/C=C\CCCCCCCC(=O)OCCCCCCCCCCCCCC/C=C\CCCCCCCCCC(=O)NC(CO)C(O)/C=C/CCCCCCCCCCCCCCCC. The molecule has 400 valence electrons. The van der Waals surface area contributed by atoms with E-state index in [4.69, 9.17) is 4.74 Å². The van der Waals surface area contributed by atoms with Gasteiger partial charge in [-0.1, -0.05) is 262 Å². The Morgan fingerprint density at radius 3 is 1.07 bits per heavy atom. The van der Waals surface area contributed by atoms with E-state index in [9.17, 15) is 19.8 Å². The zero-order valence-corrected chi connectivity index (χ0v) is 45.6. The zero-order chi connectivity index (χ0) is 49.3. The first-order chi connectivity index (χ1) is 33.5. The molecule has 0 fully saturated rings. The number of nitrogens with one attached hydrogen (secondary N) is 1. The Balaban J connectivity index is 3.45. The lowest BCUT2D eigenvalue weighted by Crippen LogP contribution is -2.45. The van der Waals surface area contributed by atoms with Gasteiger partial charge in [0.15, 0.2) is 0 Å². The zero-order valence-electron chi connectivity index (χ0n) is 45.6. The van der Waals surface area contributed by atoms with Crippen molar-refractivity contribution in [1.82, 2.24) is 5.32 Å². The van der Waals surface area contributed by atoms with Gasteiger partial charge in [0, 0.05) is 12.8 Å². The van der Waals surface area contributed by atoms with Crippen LogP contribution in [0.2, 0.25) is 0 Å². The molecule has 6 nitrogen and oxygen atoms in total. The second-order valence-corrected chi connectivity index (χ2v) is 20.7. The average Bonchev–Trinajstić information content (AvgIpc) is 3.34. The summed E-state index contributed by atoms with van der Waals surface area (Å²) in [7, 11) is 0. The van der Waals surface area contributed by atoms with Crippen molar-refractivity contribution in [2.75, 3.05) is 13.2 Å². The van der Waals surface area contributed by atoms with E-state index >= 15 is 0 Å². The summed E-state index contributed by atoms with van der Waals surface area (Å²) in [4.78, 5) is 24.5. The molecule has 2 unspecified atom stereocenters. The molecule has 0 aromatic rings. The number of aliphatic hydroxyl groups excluding tert-OH is 2. The van der Waals surface area contributed by atoms with Crippen LogP contribution in [0, 0.1) is 0 Å². The number of ether oxygens (including phenoxy) is 1. The Morgan fingerprint density at radius 1 is 0.397 bits per heavy atom. The molecule has 0 saturated carbocycles. The monoisotopic (exact) mass is 956 g/mol. The Morgan fingerprint density at radius 2 is 0.691 bits per heavy atom. The molecule has 0 heterocycles. The number of esters is 1. The van der Waals surface area contributed by atoms with Crippen LogP contribution in [-0.2, 0) is 14.3 Å². The van der Waals surface area contributed by atoms with Crippen LogP contribution < -0.4 is 5.32 Å². The van der Waals surface area contributed by atoms with Crippen LogP contribution in [-0.4, -0.2) is 47.4 Å². The minimum Gasteiger partial charge on any atom is -0.466 e. The number of hydrogen-bond donors (Lipinski definition) is 3. The molecule has 0 aliphatic heterocycles. The van der Waals surface area contributed by atoms with Gasteiger partial charge in [-0.2, -0.15) is 0 Å². The van der Waals surface area contributed by atoms with Crippen molar-refractivity contribution in [1.29, 1.82) is 0 Å². The number of unbranched alkanes of at least 4 members (excludes halogenated alkanes) is 41. The Hall–Kier alpha value is -1.92. The summed E-state index contributed by atoms with van der Waals surface area (Å²) in [5.41, 5.74) is 0. The molecule has 0 saturated heterocycles. The van der Waals surface area contributed by atoms with E-state index < -0.39 is 12.1 Å². The molecule has 0 aliphatic rings. The first-order valence-electron chi connectivity index (χ1n) is 30.3. The van der Waals surface area contributed by atoms with Gasteiger partial charge in [-0.3, -0.25) is 9.59 Å². The minimum atomic E-state index is -0.848. The van der Waals surface area contributed by atoms with Crippen LogP contribution in [0.3, 0.4) is 0 Å². The van der Waals surface area contributed by atoms with Gasteiger partial charge < -0.3 is 20.3 Å². The summed E-state index contributed by atoms with van der Waals surface area (Å²) in [6, 6.07) is -0.632. The number of amides is 1. The molecule has 0 aliphatic carbocycles. The third-order valence-corrected chi connectivity index (χ3v) is 13.9. The van der Waals surface area contributed by atoms with E-state index in [0.717, 1.165) is 51.4 Å². The number of allylic oxidation sites excluding steroid dienone is 5. The van der Waals surface area contributed by atoms with Gasteiger partial charge in [0.2, 0.25) is 5.91 Å². The van der Waals surface area contributed by atoms with Gasteiger partial charge in [0.25, 0.3) is 0 Å². The summed E-state index contributed by atoms with van der Waals surface area (Å²) in [5.74, 6) is -0.0725. The van der Waals surface area contributed by atoms with E-state index in [0.29, 0.717) is 19.4 Å². The fraction of sp³-hybridized carbons (Fsp3) is 0.871. The van der Waals surface area contributed by atoms with E-state index in [-0.39, 0.29) is 18.5 Å². The molecule has 0 rings (SSSR count). The van der Waals surface area contributed by atoms with Crippen molar-refractivity contribution in [3.8, 4) is 0 Å². The molecule has 0 aromatic heterocycles. The highest BCUT2D eigenvalue weighted by atomic mass is 16.5. The molecular weight excluding hydrogens is 839 g/mol.